The number of nitrogens with one attached hydrogen (secondary N) is 2. The molecular weight excluding hydrogens is 296 g/mol. The van der Waals surface area contributed by atoms with Gasteiger partial charge >= 0.3 is 5.97 Å². The number of rotatable bonds is 6. The highest BCUT2D eigenvalue weighted by molar-refractivity contribution is 7.89. The molecule has 0 radical (unpaired) electrons. The van der Waals surface area contributed by atoms with E-state index in [-0.39, 0.29) is 16.5 Å². The molecule has 1 fully saturated rings. The van der Waals surface area contributed by atoms with Crippen LogP contribution >= 0.6 is 0 Å². The molecule has 1 aromatic carbocycles. The van der Waals surface area contributed by atoms with Crippen LogP contribution in [0.4, 0.5) is 0 Å². The number of aryl methyl sites for hydroxylation is 1. The predicted octanol–water partition coefficient (Wildman–Crippen LogP) is 0.250. The van der Waals surface area contributed by atoms with Gasteiger partial charge in [-0.15, -0.1) is 0 Å². The first kappa shape index (κ1) is 15.5. The number of hydrogen-bond donors (Lipinski definition) is 3. The molecule has 3 N–H and O–H groups in total. The van der Waals surface area contributed by atoms with Crippen molar-refractivity contribution in [3.8, 4) is 0 Å². The van der Waals surface area contributed by atoms with Crippen LogP contribution < -0.4 is 10.0 Å². The number of carbonyl (C=O) groups excluding carboxylic acids is 1. The zero-order valence-electron chi connectivity index (χ0n) is 11.4. The third-order valence-electron chi connectivity index (χ3n) is 3.06. The van der Waals surface area contributed by atoms with Crippen LogP contribution in [0, 0.1) is 6.92 Å². The van der Waals surface area contributed by atoms with Crippen LogP contribution in [0.3, 0.4) is 0 Å². The molecule has 0 bridgehead atoms. The highest BCUT2D eigenvalue weighted by Crippen LogP contribution is 2.23. The molecule has 0 unspecified atom stereocenters. The molecule has 0 saturated heterocycles. The second-order valence-corrected chi connectivity index (χ2v) is 6.66. The lowest BCUT2D eigenvalue weighted by Crippen LogP contribution is -2.30. The fourth-order valence-corrected chi connectivity index (χ4v) is 3.08. The van der Waals surface area contributed by atoms with E-state index in [9.17, 15) is 18.0 Å². The lowest BCUT2D eigenvalue weighted by Gasteiger charge is -2.10. The summed E-state index contributed by atoms with van der Waals surface area (Å²) in [7, 11) is -3.65. The number of aliphatic carboxylic acids is 1. The van der Waals surface area contributed by atoms with Crippen molar-refractivity contribution in [2.45, 2.75) is 30.7 Å². The Bertz CT molecular complexity index is 680. The van der Waals surface area contributed by atoms with Crippen LogP contribution in [0.1, 0.15) is 28.8 Å². The van der Waals surface area contributed by atoms with Gasteiger partial charge in [-0.1, -0.05) is 6.07 Å². The quantitative estimate of drug-likeness (QED) is 0.697. The zero-order chi connectivity index (χ0) is 15.6. The number of benzene rings is 1. The van der Waals surface area contributed by atoms with Crippen LogP contribution in [0.25, 0.3) is 0 Å². The molecule has 0 atom stereocenters. The molecule has 2 rings (SSSR count). The second-order valence-electron chi connectivity index (χ2n) is 4.95. The minimum atomic E-state index is -3.65. The van der Waals surface area contributed by atoms with Gasteiger partial charge in [-0.2, -0.15) is 0 Å². The minimum absolute atomic E-state index is 0.000440. The van der Waals surface area contributed by atoms with Gasteiger partial charge in [-0.05, 0) is 37.5 Å². The summed E-state index contributed by atoms with van der Waals surface area (Å²) in [5.74, 6) is -1.78. The van der Waals surface area contributed by atoms with Gasteiger partial charge in [0.1, 0.15) is 6.54 Å². The van der Waals surface area contributed by atoms with Crippen LogP contribution in [-0.4, -0.2) is 38.0 Å². The van der Waals surface area contributed by atoms with Gasteiger partial charge in [0.25, 0.3) is 5.91 Å². The van der Waals surface area contributed by atoms with Crippen molar-refractivity contribution in [2.24, 2.45) is 0 Å². The summed E-state index contributed by atoms with van der Waals surface area (Å²) in [5.41, 5.74) is 0.721. The maximum Gasteiger partial charge on any atom is 0.322 e. The Morgan fingerprint density at radius 2 is 2.00 bits per heavy atom. The molecule has 8 heteroatoms. The first-order valence-electron chi connectivity index (χ1n) is 6.42. The second kappa shape index (κ2) is 5.82. The smallest absolute Gasteiger partial charge is 0.322 e. The predicted molar refractivity (Wildman–Crippen MR) is 74.5 cm³/mol. The van der Waals surface area contributed by atoms with Crippen molar-refractivity contribution in [3.63, 3.8) is 0 Å². The van der Waals surface area contributed by atoms with Crippen LogP contribution in [0.15, 0.2) is 23.1 Å². The SMILES string of the molecule is Cc1ccc(S(=O)(=O)NC2CC2)cc1C(=O)NCC(=O)O. The maximum atomic E-state index is 12.1. The lowest BCUT2D eigenvalue weighted by atomic mass is 10.1. The molecule has 1 aliphatic carbocycles. The molecule has 21 heavy (non-hydrogen) atoms. The highest BCUT2D eigenvalue weighted by atomic mass is 32.2. The molecule has 114 valence electrons. The van der Waals surface area contributed by atoms with E-state index in [4.69, 9.17) is 5.11 Å². The monoisotopic (exact) mass is 312 g/mol. The summed E-state index contributed by atoms with van der Waals surface area (Å²) in [6.07, 6.45) is 1.63. The van der Waals surface area contributed by atoms with Gasteiger partial charge < -0.3 is 10.4 Å². The van der Waals surface area contributed by atoms with E-state index in [1.54, 1.807) is 6.92 Å². The summed E-state index contributed by atoms with van der Waals surface area (Å²) < 4.78 is 26.7. The third kappa shape index (κ3) is 4.02. The van der Waals surface area contributed by atoms with Gasteiger partial charge in [0.15, 0.2) is 0 Å². The number of hydrogen-bond acceptors (Lipinski definition) is 4. The summed E-state index contributed by atoms with van der Waals surface area (Å²) >= 11 is 0. The normalized spacial score (nSPS) is 14.7. The van der Waals surface area contributed by atoms with Gasteiger partial charge in [0.05, 0.1) is 4.90 Å². The third-order valence-corrected chi connectivity index (χ3v) is 4.58. The standard InChI is InChI=1S/C13H16N2O5S/c1-8-2-5-10(21(19,20)15-9-3-4-9)6-11(8)13(18)14-7-12(16)17/h2,5-6,9,15H,3-4,7H2,1H3,(H,14,18)(H,16,17). The molecule has 0 spiro atoms. The molecule has 7 nitrogen and oxygen atoms in total. The molecule has 1 aromatic rings. The Labute approximate surface area is 122 Å². The molecule has 0 aromatic heterocycles. The molecule has 0 aliphatic heterocycles. The van der Waals surface area contributed by atoms with Crippen LogP contribution in [0.5, 0.6) is 0 Å². The lowest BCUT2D eigenvalue weighted by molar-refractivity contribution is -0.135. The van der Waals surface area contributed by atoms with Gasteiger partial charge in [-0.25, -0.2) is 13.1 Å². The molecular formula is C13H16N2O5S. The van der Waals surface area contributed by atoms with Gasteiger partial charge in [0, 0.05) is 11.6 Å². The summed E-state index contributed by atoms with van der Waals surface area (Å²) in [5, 5.41) is 10.8. The number of carboxylic acids is 1. The maximum absolute atomic E-state index is 12.1. The van der Waals surface area contributed by atoms with Crippen molar-refractivity contribution in [1.82, 2.24) is 10.0 Å². The van der Waals surface area contributed by atoms with Gasteiger partial charge in [-0.3, -0.25) is 9.59 Å². The average Bonchev–Trinajstić information content (AvgIpc) is 3.19. The van der Waals surface area contributed by atoms with Crippen molar-refractivity contribution >= 4 is 21.9 Å². The minimum Gasteiger partial charge on any atom is -0.480 e. The van der Waals surface area contributed by atoms with Crippen molar-refractivity contribution in [3.05, 3.63) is 29.3 Å². The fraction of sp³-hybridized carbons (Fsp3) is 0.385. The zero-order valence-corrected chi connectivity index (χ0v) is 12.2. The van der Waals surface area contributed by atoms with Crippen molar-refractivity contribution < 1.29 is 23.1 Å². The largest absolute Gasteiger partial charge is 0.480 e. The fourth-order valence-electron chi connectivity index (χ4n) is 1.75. The summed E-state index contributed by atoms with van der Waals surface area (Å²) in [6.45, 7) is 1.13. The first-order chi connectivity index (χ1) is 9.79. The molecule has 1 aliphatic rings. The Kier molecular flexibility index (Phi) is 4.29. The first-order valence-corrected chi connectivity index (χ1v) is 7.91. The number of sulfonamides is 1. The Hall–Kier alpha value is -1.93. The topological polar surface area (TPSA) is 113 Å². The molecule has 1 saturated carbocycles. The van der Waals surface area contributed by atoms with Crippen LogP contribution in [0.2, 0.25) is 0 Å². The average molecular weight is 312 g/mol. The van der Waals surface area contributed by atoms with Crippen molar-refractivity contribution in [1.29, 1.82) is 0 Å². The van der Waals surface area contributed by atoms with E-state index in [2.05, 4.69) is 10.0 Å². The number of amides is 1. The Morgan fingerprint density at radius 1 is 1.33 bits per heavy atom. The van der Waals surface area contributed by atoms with Crippen LogP contribution in [-0.2, 0) is 14.8 Å². The highest BCUT2D eigenvalue weighted by Gasteiger charge is 2.28. The Morgan fingerprint density at radius 3 is 2.57 bits per heavy atom. The molecule has 1 amide bonds. The summed E-state index contributed by atoms with van der Waals surface area (Å²) in [4.78, 5) is 22.3. The van der Waals surface area contributed by atoms with Crippen molar-refractivity contribution in [2.75, 3.05) is 6.54 Å². The van der Waals surface area contributed by atoms with E-state index in [0.29, 0.717) is 5.56 Å². The molecule has 0 heterocycles. The van der Waals surface area contributed by atoms with E-state index < -0.39 is 28.4 Å². The number of carboxylic acid groups (broad SMARTS) is 1. The summed E-state index contributed by atoms with van der Waals surface area (Å²) in [6, 6.07) is 4.18. The van der Waals surface area contributed by atoms with Gasteiger partial charge in [0.2, 0.25) is 10.0 Å². The van der Waals surface area contributed by atoms with E-state index in [1.165, 1.54) is 18.2 Å². The Balaban J connectivity index is 2.24. The van der Waals surface area contributed by atoms with E-state index in [1.807, 2.05) is 0 Å². The van der Waals surface area contributed by atoms with E-state index >= 15 is 0 Å². The number of carbonyl (C=O) groups is 2. The van der Waals surface area contributed by atoms with E-state index in [0.717, 1.165) is 12.8 Å².